The fourth-order valence-corrected chi connectivity index (χ4v) is 2.86. The van der Waals surface area contributed by atoms with E-state index in [0.29, 0.717) is 6.07 Å². The summed E-state index contributed by atoms with van der Waals surface area (Å²) in [4.78, 5) is 16.2. The zero-order valence-corrected chi connectivity index (χ0v) is 13.7. The summed E-state index contributed by atoms with van der Waals surface area (Å²) in [5, 5.41) is 0. The summed E-state index contributed by atoms with van der Waals surface area (Å²) in [6.07, 6.45) is -4.46. The minimum atomic E-state index is -4.46. The Bertz CT molecular complexity index is 1050. The van der Waals surface area contributed by atoms with Crippen LogP contribution in [0, 0.1) is 11.6 Å². The van der Waals surface area contributed by atoms with E-state index in [0.717, 1.165) is 46.4 Å². The van der Waals surface area contributed by atoms with Crippen molar-refractivity contribution in [1.29, 1.82) is 0 Å². The van der Waals surface area contributed by atoms with E-state index in [2.05, 4.69) is 9.37 Å². The van der Waals surface area contributed by atoms with Gasteiger partial charge in [-0.2, -0.15) is 13.2 Å². The molecule has 0 spiro atoms. The number of nitrogens with zero attached hydrogens (tertiary/aromatic N) is 2. The summed E-state index contributed by atoms with van der Waals surface area (Å²) < 4.78 is 68.0. The Morgan fingerprint density at radius 3 is 2.38 bits per heavy atom. The summed E-state index contributed by atoms with van der Waals surface area (Å²) >= 11 is 0.849. The van der Waals surface area contributed by atoms with Crippen LogP contribution in [0.5, 0.6) is 0 Å². The molecule has 0 aliphatic rings. The van der Waals surface area contributed by atoms with E-state index < -0.39 is 29.1 Å². The number of hydrogen-bond donors (Lipinski definition) is 1. The molecule has 0 atom stereocenters. The lowest BCUT2D eigenvalue weighted by atomic mass is 10.2. The number of aromatic nitrogens is 2. The van der Waals surface area contributed by atoms with Crippen molar-refractivity contribution in [3.8, 4) is 0 Å². The fraction of sp³-hybridized carbons (Fsp3) is 0.125. The van der Waals surface area contributed by atoms with Gasteiger partial charge in [0.15, 0.2) is 0 Å². The van der Waals surface area contributed by atoms with Gasteiger partial charge in [-0.05, 0) is 41.9 Å². The second-order valence-electron chi connectivity index (χ2n) is 5.27. The first-order chi connectivity index (χ1) is 12.2. The maximum absolute atomic E-state index is 13.8. The highest BCUT2D eigenvalue weighted by Crippen LogP contribution is 2.30. The predicted octanol–water partition coefficient (Wildman–Crippen LogP) is 3.82. The van der Waals surface area contributed by atoms with E-state index in [1.165, 1.54) is 6.07 Å². The van der Waals surface area contributed by atoms with Gasteiger partial charge in [0.2, 0.25) is 4.80 Å². The molecule has 0 aliphatic carbocycles. The Balaban J connectivity index is 1.97. The molecule has 0 unspecified atom stereocenters. The van der Waals surface area contributed by atoms with Crippen LogP contribution in [0.1, 0.15) is 11.1 Å². The Hall–Kier alpha value is -2.75. The topological polar surface area (TPSA) is 50.1 Å². The molecule has 26 heavy (non-hydrogen) atoms. The Morgan fingerprint density at radius 1 is 1.08 bits per heavy atom. The Labute approximate surface area is 147 Å². The van der Waals surface area contributed by atoms with E-state index in [1.54, 1.807) is 0 Å². The van der Waals surface area contributed by atoms with E-state index in [4.69, 9.17) is 0 Å². The van der Waals surface area contributed by atoms with E-state index in [-0.39, 0.29) is 22.6 Å². The second kappa shape index (κ2) is 6.87. The maximum atomic E-state index is 13.8. The van der Waals surface area contributed by atoms with Gasteiger partial charge in [-0.3, -0.25) is 8.94 Å². The molecule has 0 saturated carbocycles. The van der Waals surface area contributed by atoms with Crippen molar-refractivity contribution in [2.24, 2.45) is 4.99 Å². The molecule has 1 aromatic heterocycles. The number of nitrogens with one attached hydrogen (secondary N) is 1. The average Bonchev–Trinajstić information content (AvgIpc) is 2.90. The Morgan fingerprint density at radius 2 is 1.77 bits per heavy atom. The van der Waals surface area contributed by atoms with Crippen molar-refractivity contribution in [2.75, 3.05) is 0 Å². The summed E-state index contributed by atoms with van der Waals surface area (Å²) in [6, 6.07) is 7.04. The summed E-state index contributed by atoms with van der Waals surface area (Å²) in [6.45, 7) is -0.204. The molecule has 3 rings (SSSR count). The van der Waals surface area contributed by atoms with Crippen molar-refractivity contribution < 1.29 is 22.0 Å². The standard InChI is InChI=1S/C16H10F5N3OS/c17-11-4-1-9(13(18)7-11)8-24-14(25)23-26-15(24)22-12-5-2-10(3-6-12)16(19,20)21/h1-7H,8H2,(H,23,25). The molecule has 2 aromatic carbocycles. The average molecular weight is 387 g/mol. The van der Waals surface area contributed by atoms with E-state index >= 15 is 0 Å². The first-order valence-corrected chi connectivity index (χ1v) is 8.00. The Kier molecular flexibility index (Phi) is 4.77. The van der Waals surface area contributed by atoms with Crippen LogP contribution in [0.3, 0.4) is 0 Å². The van der Waals surface area contributed by atoms with Crippen LogP contribution in [0.25, 0.3) is 0 Å². The number of hydrogen-bond acceptors (Lipinski definition) is 3. The van der Waals surface area contributed by atoms with Gasteiger partial charge in [-0.1, -0.05) is 6.07 Å². The molecule has 0 saturated heterocycles. The summed E-state index contributed by atoms with van der Waals surface area (Å²) in [5.41, 5.74) is -1.12. The predicted molar refractivity (Wildman–Crippen MR) is 85.1 cm³/mol. The molecular weight excluding hydrogens is 377 g/mol. The lowest BCUT2D eigenvalue weighted by Crippen LogP contribution is -2.27. The quantitative estimate of drug-likeness (QED) is 0.683. The number of rotatable bonds is 3. The highest BCUT2D eigenvalue weighted by molar-refractivity contribution is 7.02. The first-order valence-electron chi connectivity index (χ1n) is 7.18. The molecule has 1 heterocycles. The van der Waals surface area contributed by atoms with Crippen LogP contribution in [0.4, 0.5) is 27.6 Å². The molecule has 1 N–H and O–H groups in total. The van der Waals surface area contributed by atoms with Gasteiger partial charge in [-0.15, -0.1) is 0 Å². The molecule has 0 aliphatic heterocycles. The summed E-state index contributed by atoms with van der Waals surface area (Å²) in [5.74, 6) is -1.56. The molecule has 0 radical (unpaired) electrons. The number of H-pyrrole nitrogens is 1. The van der Waals surface area contributed by atoms with Gasteiger partial charge in [0.1, 0.15) is 11.6 Å². The highest BCUT2D eigenvalue weighted by Gasteiger charge is 2.29. The molecular formula is C16H10F5N3OS. The van der Waals surface area contributed by atoms with Crippen molar-refractivity contribution in [2.45, 2.75) is 12.7 Å². The molecule has 4 nitrogen and oxygen atoms in total. The molecule has 0 amide bonds. The van der Waals surface area contributed by atoms with Crippen molar-refractivity contribution in [3.63, 3.8) is 0 Å². The van der Waals surface area contributed by atoms with Crippen molar-refractivity contribution >= 4 is 17.2 Å². The second-order valence-corrected chi connectivity index (χ2v) is 6.04. The van der Waals surface area contributed by atoms with Crippen LogP contribution in [-0.4, -0.2) is 8.94 Å². The van der Waals surface area contributed by atoms with Gasteiger partial charge in [0.05, 0.1) is 17.8 Å². The lowest BCUT2D eigenvalue weighted by Gasteiger charge is -2.06. The normalized spacial score (nSPS) is 12.6. The fourth-order valence-electron chi connectivity index (χ4n) is 2.16. The number of alkyl halides is 3. The molecule has 3 aromatic rings. The maximum Gasteiger partial charge on any atom is 0.416 e. The zero-order valence-electron chi connectivity index (χ0n) is 12.8. The third-order valence-corrected chi connectivity index (χ3v) is 4.24. The molecule has 0 fully saturated rings. The molecule has 10 heteroatoms. The minimum Gasteiger partial charge on any atom is -0.263 e. The van der Waals surface area contributed by atoms with Gasteiger partial charge >= 0.3 is 11.9 Å². The zero-order chi connectivity index (χ0) is 18.9. The van der Waals surface area contributed by atoms with Crippen molar-refractivity contribution in [1.82, 2.24) is 8.94 Å². The lowest BCUT2D eigenvalue weighted by molar-refractivity contribution is -0.137. The first kappa shape index (κ1) is 18.1. The van der Waals surface area contributed by atoms with Crippen LogP contribution < -0.4 is 10.5 Å². The van der Waals surface area contributed by atoms with Gasteiger partial charge < -0.3 is 0 Å². The van der Waals surface area contributed by atoms with Gasteiger partial charge in [-0.25, -0.2) is 18.6 Å². The van der Waals surface area contributed by atoms with Gasteiger partial charge in [0, 0.05) is 11.6 Å². The van der Waals surface area contributed by atoms with E-state index in [9.17, 15) is 26.7 Å². The summed E-state index contributed by atoms with van der Waals surface area (Å²) in [7, 11) is 0. The van der Waals surface area contributed by atoms with Crippen LogP contribution >= 0.6 is 11.5 Å². The number of halogens is 5. The van der Waals surface area contributed by atoms with Gasteiger partial charge in [0.25, 0.3) is 0 Å². The molecule has 0 bridgehead atoms. The minimum absolute atomic E-state index is 0.0733. The largest absolute Gasteiger partial charge is 0.416 e. The monoisotopic (exact) mass is 387 g/mol. The third-order valence-electron chi connectivity index (χ3n) is 3.47. The van der Waals surface area contributed by atoms with Crippen LogP contribution in [0.15, 0.2) is 52.3 Å². The third kappa shape index (κ3) is 3.90. The number of benzene rings is 2. The van der Waals surface area contributed by atoms with Crippen LogP contribution in [0.2, 0.25) is 0 Å². The highest BCUT2D eigenvalue weighted by atomic mass is 32.1. The van der Waals surface area contributed by atoms with E-state index in [1.807, 2.05) is 0 Å². The number of aromatic amines is 1. The smallest absolute Gasteiger partial charge is 0.263 e. The molecule has 136 valence electrons. The van der Waals surface area contributed by atoms with Crippen LogP contribution in [-0.2, 0) is 12.7 Å². The van der Waals surface area contributed by atoms with Crippen molar-refractivity contribution in [3.05, 3.63) is 80.5 Å². The SMILES string of the molecule is O=c1[nH]sc(=Nc2ccc(C(F)(F)F)cc2)n1Cc1ccc(F)cc1F.